The fourth-order valence-electron chi connectivity index (χ4n) is 3.09. The summed E-state index contributed by atoms with van der Waals surface area (Å²) in [5.74, 6) is 0. The monoisotopic (exact) mass is 482 g/mol. The molecular weight excluding hydrogens is 460 g/mol. The molecule has 1 aliphatic carbocycles. The third-order valence-electron chi connectivity index (χ3n) is 5.22. The average molecular weight is 484 g/mol. The van der Waals surface area contributed by atoms with Crippen molar-refractivity contribution < 1.29 is 5.11 Å². The molecule has 156 valence electrons. The Morgan fingerprint density at radius 3 is 2.62 bits per heavy atom. The fraction of sp³-hybridized carbons (Fsp3) is 0.450. The molecule has 0 unspecified atom stereocenters. The van der Waals surface area contributed by atoms with Crippen LogP contribution in [0.5, 0.6) is 0 Å². The van der Waals surface area contributed by atoms with Crippen LogP contribution in [0.15, 0.2) is 49.7 Å². The Balaban J connectivity index is 1.93. The highest BCUT2D eigenvalue weighted by molar-refractivity contribution is 9.10. The van der Waals surface area contributed by atoms with E-state index in [-0.39, 0.29) is 6.54 Å². The molecule has 2 aromatic rings. The first-order valence-corrected chi connectivity index (χ1v) is 10.6. The SMILES string of the molecule is C=C(/C=C\C(Cl)=C/C)CCn1c(Br)nc2c1c(=O)n(CCC1(O)CC1)c(=O)n2C. The number of aromatic nitrogens is 4. The minimum atomic E-state index is -0.738. The molecule has 0 bridgehead atoms. The molecule has 0 aliphatic heterocycles. The van der Waals surface area contributed by atoms with Gasteiger partial charge in [0, 0.05) is 25.2 Å². The van der Waals surface area contributed by atoms with Crippen molar-refractivity contribution in [3.63, 3.8) is 0 Å². The van der Waals surface area contributed by atoms with Crippen molar-refractivity contribution in [3.8, 4) is 0 Å². The molecule has 29 heavy (non-hydrogen) atoms. The van der Waals surface area contributed by atoms with Crippen LogP contribution in [0.3, 0.4) is 0 Å². The summed E-state index contributed by atoms with van der Waals surface area (Å²) in [5.41, 5.74) is -0.0458. The molecule has 3 rings (SSSR count). The normalized spacial score (nSPS) is 16.1. The number of halogens is 2. The number of hydrogen-bond donors (Lipinski definition) is 1. The van der Waals surface area contributed by atoms with E-state index in [1.54, 1.807) is 23.8 Å². The van der Waals surface area contributed by atoms with E-state index in [1.165, 1.54) is 9.13 Å². The lowest BCUT2D eigenvalue weighted by Gasteiger charge is -2.12. The van der Waals surface area contributed by atoms with Gasteiger partial charge < -0.3 is 9.67 Å². The summed E-state index contributed by atoms with van der Waals surface area (Å²) in [5, 5.41) is 10.7. The minimum Gasteiger partial charge on any atom is -0.390 e. The van der Waals surface area contributed by atoms with E-state index in [9.17, 15) is 14.7 Å². The second-order valence-electron chi connectivity index (χ2n) is 7.39. The molecule has 2 aromatic heterocycles. The van der Waals surface area contributed by atoms with E-state index in [0.29, 0.717) is 53.2 Å². The lowest BCUT2D eigenvalue weighted by Crippen LogP contribution is -2.40. The van der Waals surface area contributed by atoms with Crippen LogP contribution in [0.1, 0.15) is 32.6 Å². The first-order valence-electron chi connectivity index (χ1n) is 9.42. The van der Waals surface area contributed by atoms with E-state index in [1.807, 2.05) is 13.0 Å². The summed E-state index contributed by atoms with van der Waals surface area (Å²) >= 11 is 9.37. The Morgan fingerprint density at radius 2 is 2.00 bits per heavy atom. The van der Waals surface area contributed by atoms with Crippen LogP contribution < -0.4 is 11.2 Å². The molecule has 1 fully saturated rings. The van der Waals surface area contributed by atoms with Crippen LogP contribution >= 0.6 is 27.5 Å². The molecule has 0 atom stereocenters. The number of allylic oxidation sites excluding steroid dienone is 5. The van der Waals surface area contributed by atoms with Gasteiger partial charge in [0.15, 0.2) is 15.9 Å². The van der Waals surface area contributed by atoms with Crippen molar-refractivity contribution in [3.05, 3.63) is 61.0 Å². The highest BCUT2D eigenvalue weighted by Gasteiger charge is 2.40. The van der Waals surface area contributed by atoms with Gasteiger partial charge in [0.2, 0.25) is 0 Å². The lowest BCUT2D eigenvalue weighted by atomic mass is 10.2. The number of nitrogens with zero attached hydrogens (tertiary/aromatic N) is 4. The van der Waals surface area contributed by atoms with Gasteiger partial charge in [-0.1, -0.05) is 35.9 Å². The Labute approximate surface area is 181 Å². The van der Waals surface area contributed by atoms with Crippen molar-refractivity contribution in [2.24, 2.45) is 7.05 Å². The summed E-state index contributed by atoms with van der Waals surface area (Å²) in [7, 11) is 1.59. The molecule has 1 aliphatic rings. The average Bonchev–Trinajstić information content (AvgIpc) is 3.33. The van der Waals surface area contributed by atoms with E-state index >= 15 is 0 Å². The predicted octanol–water partition coefficient (Wildman–Crippen LogP) is 3.22. The highest BCUT2D eigenvalue weighted by Crippen LogP contribution is 2.38. The summed E-state index contributed by atoms with van der Waals surface area (Å²) in [6, 6.07) is 0. The number of fused-ring (bicyclic) bond motifs is 1. The van der Waals surface area contributed by atoms with Crippen molar-refractivity contribution in [1.82, 2.24) is 18.7 Å². The number of hydrogen-bond acceptors (Lipinski definition) is 4. The van der Waals surface area contributed by atoms with E-state index in [2.05, 4.69) is 27.5 Å². The second kappa shape index (κ2) is 8.45. The van der Waals surface area contributed by atoms with Gasteiger partial charge in [0.25, 0.3) is 5.56 Å². The second-order valence-corrected chi connectivity index (χ2v) is 8.54. The molecule has 2 heterocycles. The molecule has 0 radical (unpaired) electrons. The standard InChI is InChI=1S/C20H24BrClN4O3/c1-4-14(22)6-5-13(2)7-11-25-15-16(23-18(25)21)24(3)19(28)26(17(15)27)12-10-20(29)8-9-20/h4-6,29H,2,7-12H2,1,3H3/b6-5-,14-4+. The smallest absolute Gasteiger partial charge is 0.332 e. The van der Waals surface area contributed by atoms with Crippen molar-refractivity contribution >= 4 is 38.7 Å². The molecular formula is C20H24BrClN4O3. The Bertz CT molecular complexity index is 1140. The van der Waals surface area contributed by atoms with Crippen LogP contribution in [0.25, 0.3) is 11.2 Å². The zero-order valence-electron chi connectivity index (χ0n) is 16.5. The molecule has 7 nitrogen and oxygen atoms in total. The van der Waals surface area contributed by atoms with Gasteiger partial charge in [-0.05, 0) is 54.6 Å². The Morgan fingerprint density at radius 1 is 1.31 bits per heavy atom. The van der Waals surface area contributed by atoms with Crippen LogP contribution in [-0.4, -0.2) is 29.4 Å². The van der Waals surface area contributed by atoms with Crippen molar-refractivity contribution in [2.75, 3.05) is 0 Å². The molecule has 0 amide bonds. The molecule has 1 saturated carbocycles. The predicted molar refractivity (Wildman–Crippen MR) is 118 cm³/mol. The van der Waals surface area contributed by atoms with Crippen LogP contribution in [0, 0.1) is 0 Å². The quantitative estimate of drug-likeness (QED) is 0.462. The van der Waals surface area contributed by atoms with Crippen molar-refractivity contribution in [1.29, 1.82) is 0 Å². The number of aryl methyl sites for hydroxylation is 2. The van der Waals surface area contributed by atoms with Crippen LogP contribution in [0.2, 0.25) is 0 Å². The maximum atomic E-state index is 13.1. The maximum absolute atomic E-state index is 13.1. The minimum absolute atomic E-state index is 0.179. The summed E-state index contributed by atoms with van der Waals surface area (Å²) in [4.78, 5) is 30.1. The maximum Gasteiger partial charge on any atom is 0.332 e. The van der Waals surface area contributed by atoms with E-state index in [0.717, 1.165) is 5.57 Å². The van der Waals surface area contributed by atoms with Gasteiger partial charge in [-0.25, -0.2) is 9.78 Å². The summed E-state index contributed by atoms with van der Waals surface area (Å²) < 4.78 is 4.77. The number of rotatable bonds is 8. The largest absolute Gasteiger partial charge is 0.390 e. The number of aliphatic hydroxyl groups is 1. The van der Waals surface area contributed by atoms with Crippen LogP contribution in [-0.2, 0) is 20.1 Å². The first-order chi connectivity index (χ1) is 13.7. The van der Waals surface area contributed by atoms with Gasteiger partial charge in [-0.2, -0.15) is 0 Å². The third-order valence-corrected chi connectivity index (χ3v) is 6.17. The molecule has 0 saturated heterocycles. The zero-order chi connectivity index (χ0) is 21.3. The first kappa shape index (κ1) is 21.8. The molecule has 0 aromatic carbocycles. The van der Waals surface area contributed by atoms with Gasteiger partial charge in [-0.3, -0.25) is 13.9 Å². The van der Waals surface area contributed by atoms with Crippen molar-refractivity contribution in [2.45, 2.75) is 51.3 Å². The van der Waals surface area contributed by atoms with Gasteiger partial charge >= 0.3 is 5.69 Å². The van der Waals surface area contributed by atoms with Gasteiger partial charge in [-0.15, -0.1) is 0 Å². The van der Waals surface area contributed by atoms with E-state index < -0.39 is 16.9 Å². The molecule has 1 N–H and O–H groups in total. The number of imidazole rings is 1. The topological polar surface area (TPSA) is 82.1 Å². The summed E-state index contributed by atoms with van der Waals surface area (Å²) in [6.07, 6.45) is 7.77. The Hall–Kier alpha value is -1.90. The molecule has 9 heteroatoms. The summed E-state index contributed by atoms with van der Waals surface area (Å²) in [6.45, 7) is 6.51. The van der Waals surface area contributed by atoms with Gasteiger partial charge in [0.1, 0.15) is 0 Å². The van der Waals surface area contributed by atoms with E-state index in [4.69, 9.17) is 11.6 Å². The zero-order valence-corrected chi connectivity index (χ0v) is 18.8. The van der Waals surface area contributed by atoms with Crippen LogP contribution in [0.4, 0.5) is 0 Å². The highest BCUT2D eigenvalue weighted by atomic mass is 79.9. The van der Waals surface area contributed by atoms with Gasteiger partial charge in [0.05, 0.1) is 5.60 Å². The third kappa shape index (κ3) is 4.65. The fourth-order valence-corrected chi connectivity index (χ4v) is 3.68. The lowest BCUT2D eigenvalue weighted by molar-refractivity contribution is 0.133. The molecule has 0 spiro atoms. The Kier molecular flexibility index (Phi) is 6.36.